The van der Waals surface area contributed by atoms with Gasteiger partial charge in [-0.2, -0.15) is 4.31 Å². The summed E-state index contributed by atoms with van der Waals surface area (Å²) in [7, 11) is -2.36. The summed E-state index contributed by atoms with van der Waals surface area (Å²) in [5, 5.41) is 1.86. The quantitative estimate of drug-likeness (QED) is 0.285. The summed E-state index contributed by atoms with van der Waals surface area (Å²) in [4.78, 5) is 56.7. The fraction of sp³-hybridized carbons (Fsp3) is 0.333. The summed E-state index contributed by atoms with van der Waals surface area (Å²) in [5.41, 5.74) is 1.03. The van der Waals surface area contributed by atoms with Gasteiger partial charge in [-0.25, -0.2) is 13.2 Å². The standard InChI is InChI=1S/C30H30N4O7S/c1-41-14-4-13-34-25-11-8-18(21-6-2-7-23(27(21)25)29(34)37)15-26(35)19-5-3-12-33(17-19)42(39,40)20-9-10-22-24(16-20)31-30(38)32-28(22)36/h2,6-11,16,19H,3-5,12-15,17H2,1H3,(H2,31,32,36,38). The van der Waals surface area contributed by atoms with Gasteiger partial charge in [-0.15, -0.1) is 0 Å². The number of rotatable bonds is 9. The molecule has 11 nitrogen and oxygen atoms in total. The van der Waals surface area contributed by atoms with Crippen LogP contribution in [-0.2, 0) is 26.0 Å². The average Bonchev–Trinajstić information content (AvgIpc) is 3.25. The van der Waals surface area contributed by atoms with Crippen molar-refractivity contribution in [1.82, 2.24) is 14.3 Å². The number of nitrogens with zero attached hydrogens (tertiary/aromatic N) is 2. The highest BCUT2D eigenvalue weighted by Crippen LogP contribution is 2.39. The Labute approximate surface area is 241 Å². The zero-order chi connectivity index (χ0) is 29.6. The molecular formula is C30H30N4O7S. The van der Waals surface area contributed by atoms with Crippen LogP contribution in [0.3, 0.4) is 0 Å². The fourth-order valence-corrected chi connectivity index (χ4v) is 7.61. The predicted molar refractivity (Wildman–Crippen MR) is 158 cm³/mol. The lowest BCUT2D eigenvalue weighted by molar-refractivity contribution is -0.123. The van der Waals surface area contributed by atoms with Crippen molar-refractivity contribution < 1.29 is 22.7 Å². The number of Topliss-reactive ketones (excluding diaryl/α,β-unsaturated/α-hetero) is 1. The van der Waals surface area contributed by atoms with Crippen molar-refractivity contribution in [3.8, 4) is 0 Å². The van der Waals surface area contributed by atoms with E-state index in [0.717, 1.165) is 22.0 Å². The number of methoxy groups -OCH3 is 1. The molecule has 218 valence electrons. The van der Waals surface area contributed by atoms with Gasteiger partial charge in [0.2, 0.25) is 10.0 Å². The lowest BCUT2D eigenvalue weighted by atomic mass is 9.89. The van der Waals surface area contributed by atoms with Crippen molar-refractivity contribution in [1.29, 1.82) is 0 Å². The van der Waals surface area contributed by atoms with Crippen molar-refractivity contribution in [2.24, 2.45) is 5.92 Å². The second kappa shape index (κ2) is 10.9. The van der Waals surface area contributed by atoms with E-state index in [4.69, 9.17) is 4.74 Å². The molecule has 0 bridgehead atoms. The second-order valence-corrected chi connectivity index (χ2v) is 12.7. The maximum atomic E-state index is 13.6. The summed E-state index contributed by atoms with van der Waals surface area (Å²) >= 11 is 0. The van der Waals surface area contributed by atoms with Gasteiger partial charge in [-0.05, 0) is 60.5 Å². The van der Waals surface area contributed by atoms with Crippen LogP contribution in [0.1, 0.15) is 35.2 Å². The molecule has 1 fully saturated rings. The molecule has 0 saturated carbocycles. The number of ether oxygens (including phenoxy) is 1. The van der Waals surface area contributed by atoms with Gasteiger partial charge in [-0.1, -0.05) is 18.2 Å². The Morgan fingerprint density at radius 1 is 1.05 bits per heavy atom. The van der Waals surface area contributed by atoms with Crippen molar-refractivity contribution in [2.75, 3.05) is 38.3 Å². The number of carbonyl (C=O) groups is 2. The van der Waals surface area contributed by atoms with Crippen LogP contribution in [-0.4, -0.2) is 67.7 Å². The van der Waals surface area contributed by atoms with E-state index in [0.29, 0.717) is 38.0 Å². The number of aromatic amines is 2. The number of amides is 1. The number of piperidine rings is 1. The Bertz CT molecular complexity index is 1960. The summed E-state index contributed by atoms with van der Waals surface area (Å²) in [6.45, 7) is 1.38. The van der Waals surface area contributed by atoms with Crippen molar-refractivity contribution >= 4 is 49.1 Å². The van der Waals surface area contributed by atoms with Gasteiger partial charge in [0, 0.05) is 56.6 Å². The minimum absolute atomic E-state index is 0.0398. The molecule has 0 aliphatic carbocycles. The van der Waals surface area contributed by atoms with Gasteiger partial charge in [0.05, 0.1) is 21.5 Å². The number of H-pyrrole nitrogens is 2. The fourth-order valence-electron chi connectivity index (χ4n) is 6.06. The summed E-state index contributed by atoms with van der Waals surface area (Å²) in [5.74, 6) is -0.622. The van der Waals surface area contributed by atoms with E-state index in [1.807, 2.05) is 24.3 Å². The molecule has 1 atom stereocenters. The molecule has 1 amide bonds. The van der Waals surface area contributed by atoms with E-state index in [2.05, 4.69) is 9.97 Å². The average molecular weight is 591 g/mol. The lowest BCUT2D eigenvalue weighted by Gasteiger charge is -2.31. The van der Waals surface area contributed by atoms with Crippen molar-refractivity contribution in [2.45, 2.75) is 30.6 Å². The monoisotopic (exact) mass is 590 g/mol. The van der Waals surface area contributed by atoms with E-state index < -0.39 is 27.2 Å². The molecule has 3 heterocycles. The Morgan fingerprint density at radius 3 is 2.69 bits per heavy atom. The van der Waals surface area contributed by atoms with Crippen LogP contribution in [0.5, 0.6) is 0 Å². The van der Waals surface area contributed by atoms with Crippen molar-refractivity contribution in [3.63, 3.8) is 0 Å². The number of ketones is 1. The second-order valence-electron chi connectivity index (χ2n) is 10.7. The predicted octanol–water partition coefficient (Wildman–Crippen LogP) is 2.58. The Hall–Kier alpha value is -4.13. The highest BCUT2D eigenvalue weighted by molar-refractivity contribution is 7.89. The number of anilines is 1. The molecule has 12 heteroatoms. The van der Waals surface area contributed by atoms with Gasteiger partial charge in [0.15, 0.2) is 0 Å². The summed E-state index contributed by atoms with van der Waals surface area (Å²) in [6, 6.07) is 13.3. The molecule has 42 heavy (non-hydrogen) atoms. The Balaban J connectivity index is 1.23. The maximum absolute atomic E-state index is 13.6. The van der Waals surface area contributed by atoms with E-state index in [1.54, 1.807) is 18.1 Å². The highest BCUT2D eigenvalue weighted by Gasteiger charge is 2.34. The first kappa shape index (κ1) is 28.0. The number of hydrogen-bond donors (Lipinski definition) is 2. The minimum atomic E-state index is -3.98. The minimum Gasteiger partial charge on any atom is -0.385 e. The zero-order valence-electron chi connectivity index (χ0n) is 23.0. The Morgan fingerprint density at radius 2 is 1.88 bits per heavy atom. The molecule has 2 N–H and O–H groups in total. The van der Waals surface area contributed by atoms with Crippen LogP contribution in [0.4, 0.5) is 5.69 Å². The molecule has 4 aromatic rings. The number of carbonyl (C=O) groups excluding carboxylic acids is 2. The molecule has 3 aromatic carbocycles. The lowest BCUT2D eigenvalue weighted by Crippen LogP contribution is -2.42. The van der Waals surface area contributed by atoms with Crippen LogP contribution in [0.2, 0.25) is 0 Å². The third-order valence-electron chi connectivity index (χ3n) is 8.16. The number of sulfonamides is 1. The number of benzene rings is 3. The third-order valence-corrected chi connectivity index (χ3v) is 10.0. The number of nitrogens with one attached hydrogen (secondary N) is 2. The van der Waals surface area contributed by atoms with Crippen LogP contribution in [0.15, 0.2) is 63.0 Å². The molecule has 6 rings (SSSR count). The van der Waals surface area contributed by atoms with E-state index in [1.165, 1.54) is 22.5 Å². The normalized spacial score (nSPS) is 17.4. The van der Waals surface area contributed by atoms with Gasteiger partial charge in [0.25, 0.3) is 11.5 Å². The summed E-state index contributed by atoms with van der Waals surface area (Å²) < 4.78 is 33.5. The Kier molecular flexibility index (Phi) is 7.29. The van der Waals surface area contributed by atoms with Gasteiger partial charge < -0.3 is 14.6 Å². The smallest absolute Gasteiger partial charge is 0.326 e. The molecule has 0 radical (unpaired) electrons. The van der Waals surface area contributed by atoms with Crippen molar-refractivity contribution in [3.05, 3.63) is 80.5 Å². The topological polar surface area (TPSA) is 150 Å². The molecule has 2 aliphatic rings. The largest absolute Gasteiger partial charge is 0.385 e. The van der Waals surface area contributed by atoms with Gasteiger partial charge >= 0.3 is 5.69 Å². The zero-order valence-corrected chi connectivity index (χ0v) is 23.8. The third kappa shape index (κ3) is 4.85. The number of aromatic nitrogens is 2. The molecule has 1 aromatic heterocycles. The molecule has 2 aliphatic heterocycles. The molecule has 1 saturated heterocycles. The van der Waals surface area contributed by atoms with Crippen LogP contribution >= 0.6 is 0 Å². The first-order chi connectivity index (χ1) is 20.2. The van der Waals surface area contributed by atoms with Gasteiger partial charge in [-0.3, -0.25) is 19.4 Å². The van der Waals surface area contributed by atoms with Crippen LogP contribution < -0.4 is 16.1 Å². The van der Waals surface area contributed by atoms with Crippen LogP contribution in [0, 0.1) is 5.92 Å². The highest BCUT2D eigenvalue weighted by atomic mass is 32.2. The van der Waals surface area contributed by atoms with Crippen LogP contribution in [0.25, 0.3) is 21.7 Å². The molecule has 1 unspecified atom stereocenters. The first-order valence-corrected chi connectivity index (χ1v) is 15.3. The molecular weight excluding hydrogens is 560 g/mol. The number of fused-ring (bicyclic) bond motifs is 1. The van der Waals surface area contributed by atoms with Gasteiger partial charge in [0.1, 0.15) is 5.78 Å². The SMILES string of the molecule is COCCCN1C(=O)c2cccc3c(CC(=O)C4CCCN(S(=O)(=O)c5ccc6c(=O)[nH]c(=O)[nH]c6c5)C4)ccc1c23. The number of hydrogen-bond acceptors (Lipinski definition) is 7. The van der Waals surface area contributed by atoms with E-state index in [9.17, 15) is 27.6 Å². The maximum Gasteiger partial charge on any atom is 0.326 e. The summed E-state index contributed by atoms with van der Waals surface area (Å²) in [6.07, 6.45) is 1.91. The molecule has 0 spiro atoms. The van der Waals surface area contributed by atoms with E-state index >= 15 is 0 Å². The first-order valence-electron chi connectivity index (χ1n) is 13.8. The van der Waals surface area contributed by atoms with E-state index in [-0.39, 0.29) is 47.0 Å².